The molecular weight excluding hydrogens is 248 g/mol. The number of esters is 1. The van der Waals surface area contributed by atoms with E-state index in [0.717, 1.165) is 4.47 Å². The van der Waals surface area contributed by atoms with E-state index in [1.54, 1.807) is 17.8 Å². The Morgan fingerprint density at radius 3 is 3.00 bits per heavy atom. The lowest BCUT2D eigenvalue weighted by molar-refractivity contribution is -0.147. The van der Waals surface area contributed by atoms with Crippen molar-refractivity contribution in [3.8, 4) is 0 Å². The van der Waals surface area contributed by atoms with Crippen LogP contribution in [0.2, 0.25) is 0 Å². The van der Waals surface area contributed by atoms with Crippen molar-refractivity contribution in [1.29, 1.82) is 0 Å². The quantitative estimate of drug-likeness (QED) is 0.777. The maximum absolute atomic E-state index is 11.3. The molecule has 0 amide bonds. The van der Waals surface area contributed by atoms with Crippen LogP contribution in [0.25, 0.3) is 0 Å². The number of halogens is 1. The number of rotatable bonds is 4. The SMILES string of the molecule is CCOC(=O)C(C)Cn1cc(Br)cn1. The highest BCUT2D eigenvalue weighted by Crippen LogP contribution is 2.09. The number of hydrogen-bond acceptors (Lipinski definition) is 3. The van der Waals surface area contributed by atoms with E-state index < -0.39 is 0 Å². The normalized spacial score (nSPS) is 12.5. The molecule has 0 saturated heterocycles. The summed E-state index contributed by atoms with van der Waals surface area (Å²) in [6.07, 6.45) is 3.52. The minimum atomic E-state index is -0.181. The van der Waals surface area contributed by atoms with Gasteiger partial charge < -0.3 is 4.74 Å². The predicted molar refractivity (Wildman–Crippen MR) is 55.7 cm³/mol. The Hall–Kier alpha value is -0.840. The van der Waals surface area contributed by atoms with Gasteiger partial charge in [-0.15, -0.1) is 0 Å². The van der Waals surface area contributed by atoms with Crippen LogP contribution in [0.1, 0.15) is 13.8 Å². The average molecular weight is 261 g/mol. The molecule has 0 bridgehead atoms. The molecule has 0 saturated carbocycles. The maximum atomic E-state index is 11.3. The van der Waals surface area contributed by atoms with Gasteiger partial charge in [0, 0.05) is 6.20 Å². The first kappa shape index (κ1) is 11.2. The smallest absolute Gasteiger partial charge is 0.310 e. The fourth-order valence-electron chi connectivity index (χ4n) is 1.08. The van der Waals surface area contributed by atoms with Crippen LogP contribution in [0.15, 0.2) is 16.9 Å². The van der Waals surface area contributed by atoms with Gasteiger partial charge in [0.2, 0.25) is 0 Å². The van der Waals surface area contributed by atoms with Crippen molar-refractivity contribution < 1.29 is 9.53 Å². The summed E-state index contributed by atoms with van der Waals surface area (Å²) >= 11 is 3.29. The molecule has 0 aliphatic rings. The molecule has 1 atom stereocenters. The number of ether oxygens (including phenoxy) is 1. The van der Waals surface area contributed by atoms with Gasteiger partial charge in [0.1, 0.15) is 0 Å². The molecule has 1 aromatic rings. The fourth-order valence-corrected chi connectivity index (χ4v) is 1.41. The molecule has 0 aliphatic heterocycles. The lowest BCUT2D eigenvalue weighted by Gasteiger charge is -2.09. The summed E-state index contributed by atoms with van der Waals surface area (Å²) in [5.41, 5.74) is 0. The van der Waals surface area contributed by atoms with Crippen LogP contribution >= 0.6 is 15.9 Å². The van der Waals surface area contributed by atoms with Crippen LogP contribution in [0.3, 0.4) is 0 Å². The standard InChI is InChI=1S/C9H13BrN2O2/c1-3-14-9(13)7(2)5-12-6-8(10)4-11-12/h4,6-7H,3,5H2,1-2H3. The van der Waals surface area contributed by atoms with Crippen molar-refractivity contribution in [3.05, 3.63) is 16.9 Å². The highest BCUT2D eigenvalue weighted by Gasteiger charge is 2.14. The van der Waals surface area contributed by atoms with Gasteiger partial charge in [0.25, 0.3) is 0 Å². The third-order valence-electron chi connectivity index (χ3n) is 1.75. The van der Waals surface area contributed by atoms with Crippen molar-refractivity contribution in [1.82, 2.24) is 9.78 Å². The first-order valence-electron chi connectivity index (χ1n) is 4.48. The molecule has 0 aromatic carbocycles. The Morgan fingerprint density at radius 2 is 2.50 bits per heavy atom. The highest BCUT2D eigenvalue weighted by atomic mass is 79.9. The van der Waals surface area contributed by atoms with Gasteiger partial charge in [-0.25, -0.2) is 0 Å². The van der Waals surface area contributed by atoms with E-state index in [9.17, 15) is 4.79 Å². The van der Waals surface area contributed by atoms with Gasteiger partial charge in [0.05, 0.1) is 29.7 Å². The summed E-state index contributed by atoms with van der Waals surface area (Å²) < 4.78 is 7.52. The second-order valence-corrected chi connectivity index (χ2v) is 3.95. The van der Waals surface area contributed by atoms with E-state index in [1.165, 1.54) is 0 Å². The molecular formula is C9H13BrN2O2. The van der Waals surface area contributed by atoms with E-state index in [1.807, 2.05) is 13.1 Å². The van der Waals surface area contributed by atoms with Gasteiger partial charge in [-0.3, -0.25) is 9.48 Å². The monoisotopic (exact) mass is 260 g/mol. The maximum Gasteiger partial charge on any atom is 0.310 e. The molecule has 0 radical (unpaired) electrons. The number of carbonyl (C=O) groups excluding carboxylic acids is 1. The van der Waals surface area contributed by atoms with Crippen molar-refractivity contribution >= 4 is 21.9 Å². The molecule has 4 nitrogen and oxygen atoms in total. The zero-order chi connectivity index (χ0) is 10.6. The molecule has 1 heterocycles. The van der Waals surface area contributed by atoms with Crippen LogP contribution in [0, 0.1) is 5.92 Å². The van der Waals surface area contributed by atoms with Gasteiger partial charge in [-0.1, -0.05) is 6.92 Å². The summed E-state index contributed by atoms with van der Waals surface area (Å²) in [6.45, 7) is 4.60. The first-order chi connectivity index (χ1) is 6.63. The van der Waals surface area contributed by atoms with Gasteiger partial charge in [-0.2, -0.15) is 5.10 Å². The molecule has 14 heavy (non-hydrogen) atoms. The molecule has 0 aliphatic carbocycles. The van der Waals surface area contributed by atoms with Crippen LogP contribution in [0.5, 0.6) is 0 Å². The third kappa shape index (κ3) is 3.14. The second-order valence-electron chi connectivity index (χ2n) is 3.03. The zero-order valence-corrected chi connectivity index (χ0v) is 9.82. The average Bonchev–Trinajstić information content (AvgIpc) is 2.51. The van der Waals surface area contributed by atoms with Crippen molar-refractivity contribution in [3.63, 3.8) is 0 Å². The summed E-state index contributed by atoms with van der Waals surface area (Å²) in [6, 6.07) is 0. The molecule has 1 rings (SSSR count). The van der Waals surface area contributed by atoms with Gasteiger partial charge in [0.15, 0.2) is 0 Å². The third-order valence-corrected chi connectivity index (χ3v) is 2.16. The molecule has 0 spiro atoms. The van der Waals surface area contributed by atoms with Crippen molar-refractivity contribution in [2.75, 3.05) is 6.61 Å². The van der Waals surface area contributed by atoms with Crippen LogP contribution in [-0.4, -0.2) is 22.4 Å². The van der Waals surface area contributed by atoms with Crippen LogP contribution in [0.4, 0.5) is 0 Å². The van der Waals surface area contributed by atoms with Crippen molar-refractivity contribution in [2.45, 2.75) is 20.4 Å². The predicted octanol–water partition coefficient (Wildman–Crippen LogP) is 1.84. The number of hydrogen-bond donors (Lipinski definition) is 0. The van der Waals surface area contributed by atoms with Gasteiger partial charge >= 0.3 is 5.97 Å². The number of carbonyl (C=O) groups is 1. The van der Waals surface area contributed by atoms with E-state index in [0.29, 0.717) is 13.2 Å². The first-order valence-corrected chi connectivity index (χ1v) is 5.27. The highest BCUT2D eigenvalue weighted by molar-refractivity contribution is 9.10. The fraction of sp³-hybridized carbons (Fsp3) is 0.556. The lowest BCUT2D eigenvalue weighted by atomic mass is 10.2. The minimum Gasteiger partial charge on any atom is -0.466 e. The number of aromatic nitrogens is 2. The molecule has 1 unspecified atom stereocenters. The summed E-state index contributed by atoms with van der Waals surface area (Å²) in [5, 5.41) is 4.06. The van der Waals surface area contributed by atoms with E-state index in [4.69, 9.17) is 4.74 Å². The lowest BCUT2D eigenvalue weighted by Crippen LogP contribution is -2.20. The Labute approximate surface area is 91.4 Å². The zero-order valence-electron chi connectivity index (χ0n) is 8.24. The Morgan fingerprint density at radius 1 is 1.79 bits per heavy atom. The minimum absolute atomic E-state index is 0.165. The molecule has 0 N–H and O–H groups in total. The number of nitrogens with zero attached hydrogens (tertiary/aromatic N) is 2. The molecule has 5 heteroatoms. The molecule has 1 aromatic heterocycles. The van der Waals surface area contributed by atoms with E-state index in [-0.39, 0.29) is 11.9 Å². The summed E-state index contributed by atoms with van der Waals surface area (Å²) in [7, 11) is 0. The van der Waals surface area contributed by atoms with Crippen LogP contribution < -0.4 is 0 Å². The van der Waals surface area contributed by atoms with E-state index in [2.05, 4.69) is 21.0 Å². The van der Waals surface area contributed by atoms with Gasteiger partial charge in [-0.05, 0) is 22.9 Å². The van der Waals surface area contributed by atoms with Crippen molar-refractivity contribution in [2.24, 2.45) is 5.92 Å². The summed E-state index contributed by atoms with van der Waals surface area (Å²) in [4.78, 5) is 11.3. The second kappa shape index (κ2) is 5.14. The Bertz CT molecular complexity index is 312. The largest absolute Gasteiger partial charge is 0.466 e. The van der Waals surface area contributed by atoms with E-state index >= 15 is 0 Å². The van der Waals surface area contributed by atoms with Crippen LogP contribution in [-0.2, 0) is 16.1 Å². The Kier molecular flexibility index (Phi) is 4.13. The topological polar surface area (TPSA) is 44.1 Å². The molecule has 78 valence electrons. The molecule has 0 fully saturated rings. The summed E-state index contributed by atoms with van der Waals surface area (Å²) in [5.74, 6) is -0.346. The Balaban J connectivity index is 2.48.